The average molecular weight is 338 g/mol. The van der Waals surface area contributed by atoms with Crippen molar-refractivity contribution >= 4 is 5.78 Å². The molecule has 1 aromatic heterocycles. The van der Waals surface area contributed by atoms with Crippen molar-refractivity contribution < 1.29 is 9.90 Å². The van der Waals surface area contributed by atoms with Crippen molar-refractivity contribution in [2.75, 3.05) is 14.1 Å². The van der Waals surface area contributed by atoms with Gasteiger partial charge in [0.15, 0.2) is 5.78 Å². The SMILES string of the molecule is CN(C)Cc1ccc(C2CCC(O)C(C(=O)c3cccnc3)C2)cc1. The van der Waals surface area contributed by atoms with Crippen LogP contribution in [0.1, 0.15) is 46.7 Å². The van der Waals surface area contributed by atoms with Gasteiger partial charge in [-0.15, -0.1) is 0 Å². The minimum atomic E-state index is -0.558. The number of aliphatic hydroxyl groups excluding tert-OH is 1. The van der Waals surface area contributed by atoms with Crippen LogP contribution < -0.4 is 0 Å². The smallest absolute Gasteiger partial charge is 0.170 e. The van der Waals surface area contributed by atoms with E-state index in [4.69, 9.17) is 0 Å². The van der Waals surface area contributed by atoms with Crippen LogP contribution in [0.15, 0.2) is 48.8 Å². The molecule has 1 heterocycles. The van der Waals surface area contributed by atoms with Gasteiger partial charge in [0.25, 0.3) is 0 Å². The summed E-state index contributed by atoms with van der Waals surface area (Å²) in [6, 6.07) is 12.2. The number of nitrogens with zero attached hydrogens (tertiary/aromatic N) is 2. The van der Waals surface area contributed by atoms with Crippen molar-refractivity contribution in [1.82, 2.24) is 9.88 Å². The van der Waals surface area contributed by atoms with Crippen LogP contribution in [0.4, 0.5) is 0 Å². The molecule has 1 aliphatic rings. The van der Waals surface area contributed by atoms with Gasteiger partial charge >= 0.3 is 0 Å². The van der Waals surface area contributed by atoms with Crippen LogP contribution in [0.3, 0.4) is 0 Å². The quantitative estimate of drug-likeness (QED) is 0.850. The van der Waals surface area contributed by atoms with E-state index < -0.39 is 6.10 Å². The second-order valence-corrected chi connectivity index (χ2v) is 7.27. The lowest BCUT2D eigenvalue weighted by Crippen LogP contribution is -2.34. The van der Waals surface area contributed by atoms with E-state index in [1.165, 1.54) is 11.1 Å². The lowest BCUT2D eigenvalue weighted by atomic mass is 9.73. The summed E-state index contributed by atoms with van der Waals surface area (Å²) in [5.74, 6) is -0.0126. The van der Waals surface area contributed by atoms with Crippen molar-refractivity contribution in [3.8, 4) is 0 Å². The molecule has 0 aliphatic heterocycles. The zero-order valence-corrected chi connectivity index (χ0v) is 14.9. The number of rotatable bonds is 5. The molecule has 0 spiro atoms. The summed E-state index contributed by atoms with van der Waals surface area (Å²) in [5.41, 5.74) is 3.14. The standard InChI is InChI=1S/C21H26N2O2/c1-23(2)14-15-5-7-16(8-6-15)17-9-10-20(24)19(12-17)21(25)18-4-3-11-22-13-18/h3-8,11,13,17,19-20,24H,9-10,12,14H2,1-2H3. The Bertz CT molecular complexity index is 698. The predicted octanol–water partition coefficient (Wildman–Crippen LogP) is 3.27. The Labute approximate surface area is 149 Å². The molecule has 1 saturated carbocycles. The molecule has 3 unspecified atom stereocenters. The van der Waals surface area contributed by atoms with Gasteiger partial charge in [0.2, 0.25) is 0 Å². The van der Waals surface area contributed by atoms with E-state index in [1.807, 2.05) is 0 Å². The predicted molar refractivity (Wildman–Crippen MR) is 98.5 cm³/mol. The van der Waals surface area contributed by atoms with Crippen LogP contribution in [0.25, 0.3) is 0 Å². The summed E-state index contributed by atoms with van der Waals surface area (Å²) < 4.78 is 0. The number of Topliss-reactive ketones (excluding diaryl/α,β-unsaturated/α-hetero) is 1. The second kappa shape index (κ2) is 7.89. The van der Waals surface area contributed by atoms with Crippen molar-refractivity contribution in [3.05, 3.63) is 65.5 Å². The second-order valence-electron chi connectivity index (χ2n) is 7.27. The molecule has 25 heavy (non-hydrogen) atoms. The Morgan fingerprint density at radius 1 is 1.20 bits per heavy atom. The lowest BCUT2D eigenvalue weighted by molar-refractivity contribution is 0.0482. The molecule has 0 saturated heterocycles. The minimum absolute atomic E-state index is 0.00882. The first-order valence-electron chi connectivity index (χ1n) is 8.90. The highest BCUT2D eigenvalue weighted by molar-refractivity contribution is 5.98. The van der Waals surface area contributed by atoms with Crippen molar-refractivity contribution in [2.24, 2.45) is 5.92 Å². The maximum Gasteiger partial charge on any atom is 0.170 e. The third kappa shape index (κ3) is 4.33. The fraction of sp³-hybridized carbons (Fsp3) is 0.429. The number of ketones is 1. The molecule has 0 amide bonds. The molecule has 1 fully saturated rings. The van der Waals surface area contributed by atoms with Gasteiger partial charge in [-0.25, -0.2) is 0 Å². The number of benzene rings is 1. The molecule has 4 nitrogen and oxygen atoms in total. The highest BCUT2D eigenvalue weighted by atomic mass is 16.3. The van der Waals surface area contributed by atoms with Crippen LogP contribution in [0, 0.1) is 5.92 Å². The monoisotopic (exact) mass is 338 g/mol. The number of aliphatic hydroxyl groups is 1. The van der Waals surface area contributed by atoms with Crippen LogP contribution in [0.5, 0.6) is 0 Å². The minimum Gasteiger partial charge on any atom is -0.392 e. The number of hydrogen-bond acceptors (Lipinski definition) is 4. The molecule has 1 N–H and O–H groups in total. The van der Waals surface area contributed by atoms with E-state index in [9.17, 15) is 9.90 Å². The van der Waals surface area contributed by atoms with Gasteiger partial charge in [-0.05, 0) is 62.5 Å². The number of hydrogen-bond donors (Lipinski definition) is 1. The molecule has 1 aliphatic carbocycles. The molecule has 132 valence electrons. The van der Waals surface area contributed by atoms with Crippen LogP contribution in [-0.4, -0.2) is 41.0 Å². The fourth-order valence-electron chi connectivity index (χ4n) is 3.72. The molecule has 1 aromatic carbocycles. The van der Waals surface area contributed by atoms with E-state index in [1.54, 1.807) is 24.5 Å². The van der Waals surface area contributed by atoms with Crippen molar-refractivity contribution in [3.63, 3.8) is 0 Å². The molecule has 0 radical (unpaired) electrons. The van der Waals surface area contributed by atoms with Crippen molar-refractivity contribution in [1.29, 1.82) is 0 Å². The lowest BCUT2D eigenvalue weighted by Gasteiger charge is -2.32. The molecule has 2 aromatic rings. The molecule has 3 atom stereocenters. The highest BCUT2D eigenvalue weighted by Gasteiger charge is 2.35. The molecule has 4 heteroatoms. The topological polar surface area (TPSA) is 53.4 Å². The van der Waals surface area contributed by atoms with E-state index in [0.29, 0.717) is 24.3 Å². The Balaban J connectivity index is 1.73. The van der Waals surface area contributed by atoms with Crippen LogP contribution in [0.2, 0.25) is 0 Å². The molecular weight excluding hydrogens is 312 g/mol. The summed E-state index contributed by atoms with van der Waals surface area (Å²) in [4.78, 5) is 18.9. The largest absolute Gasteiger partial charge is 0.392 e. The Kier molecular flexibility index (Phi) is 5.61. The molecule has 3 rings (SSSR count). The average Bonchev–Trinajstić information content (AvgIpc) is 2.62. The number of carbonyl (C=O) groups is 1. The van der Waals surface area contributed by atoms with Gasteiger partial charge in [-0.1, -0.05) is 24.3 Å². The number of carbonyl (C=O) groups excluding carboxylic acids is 1. The highest BCUT2D eigenvalue weighted by Crippen LogP contribution is 2.38. The molecular formula is C21H26N2O2. The van der Waals surface area contributed by atoms with Gasteiger partial charge in [0, 0.05) is 30.4 Å². The fourth-order valence-corrected chi connectivity index (χ4v) is 3.72. The molecule has 0 bridgehead atoms. The van der Waals surface area contributed by atoms with Crippen LogP contribution in [-0.2, 0) is 6.54 Å². The van der Waals surface area contributed by atoms with Crippen molar-refractivity contribution in [2.45, 2.75) is 37.8 Å². The first-order chi connectivity index (χ1) is 12.0. The van der Waals surface area contributed by atoms with E-state index in [0.717, 1.165) is 13.0 Å². The van der Waals surface area contributed by atoms with E-state index in [-0.39, 0.29) is 11.7 Å². The van der Waals surface area contributed by atoms with Gasteiger partial charge < -0.3 is 10.0 Å². The summed E-state index contributed by atoms with van der Waals surface area (Å²) >= 11 is 0. The first kappa shape index (κ1) is 17.8. The third-order valence-corrected chi connectivity index (χ3v) is 5.05. The van der Waals surface area contributed by atoms with Gasteiger partial charge in [0.1, 0.15) is 0 Å². The van der Waals surface area contributed by atoms with Crippen LogP contribution >= 0.6 is 0 Å². The normalized spacial score (nSPS) is 23.6. The van der Waals surface area contributed by atoms with Gasteiger partial charge in [-0.2, -0.15) is 0 Å². The Morgan fingerprint density at radius 2 is 1.96 bits per heavy atom. The summed E-state index contributed by atoms with van der Waals surface area (Å²) in [6.45, 7) is 0.922. The zero-order valence-electron chi connectivity index (χ0n) is 14.9. The maximum absolute atomic E-state index is 12.8. The van der Waals surface area contributed by atoms with Gasteiger partial charge in [0.05, 0.1) is 6.10 Å². The maximum atomic E-state index is 12.8. The van der Waals surface area contributed by atoms with E-state index >= 15 is 0 Å². The summed E-state index contributed by atoms with van der Waals surface area (Å²) in [6.07, 6.45) is 4.98. The summed E-state index contributed by atoms with van der Waals surface area (Å²) in [5, 5.41) is 10.4. The van der Waals surface area contributed by atoms with E-state index in [2.05, 4.69) is 48.2 Å². The summed E-state index contributed by atoms with van der Waals surface area (Å²) in [7, 11) is 4.12. The Morgan fingerprint density at radius 3 is 2.60 bits per heavy atom. The number of pyridine rings is 1. The van der Waals surface area contributed by atoms with Gasteiger partial charge in [-0.3, -0.25) is 9.78 Å². The Hall–Kier alpha value is -2.04. The zero-order chi connectivity index (χ0) is 17.8. The third-order valence-electron chi connectivity index (χ3n) is 5.05. The number of aromatic nitrogens is 1. The first-order valence-corrected chi connectivity index (χ1v) is 8.90.